The van der Waals surface area contributed by atoms with Gasteiger partial charge < -0.3 is 10.1 Å². The third kappa shape index (κ3) is 3.32. The number of ether oxygens (including phenoxy) is 1. The standard InChI is InChI=1S/C19H22N2O4S/c1-21(2)26(23,24)18-12-14(9-11-17(18)25-3)19(22)20-16-10-8-13-6-4-5-7-15(13)16/h4-7,9,11-12,16H,8,10H2,1-3H3,(H,20,22)/t16-/m1/s1. The predicted octanol–water partition coefficient (Wildman–Crippen LogP) is 2.36. The fourth-order valence-corrected chi connectivity index (χ4v) is 4.24. The monoisotopic (exact) mass is 374 g/mol. The summed E-state index contributed by atoms with van der Waals surface area (Å²) >= 11 is 0. The number of sulfonamides is 1. The second-order valence-electron chi connectivity index (χ2n) is 6.42. The Morgan fingerprint density at radius 3 is 2.62 bits per heavy atom. The fraction of sp³-hybridized carbons (Fsp3) is 0.316. The van der Waals surface area contributed by atoms with Crippen LogP contribution in [0.1, 0.15) is 33.9 Å². The topological polar surface area (TPSA) is 75.7 Å². The van der Waals surface area contributed by atoms with E-state index < -0.39 is 10.0 Å². The lowest BCUT2D eigenvalue weighted by atomic mass is 10.1. The molecule has 0 unspecified atom stereocenters. The minimum atomic E-state index is -3.72. The van der Waals surface area contributed by atoms with Crippen LogP contribution in [0, 0.1) is 0 Å². The number of benzene rings is 2. The Morgan fingerprint density at radius 1 is 1.19 bits per heavy atom. The molecular weight excluding hydrogens is 352 g/mol. The number of methoxy groups -OCH3 is 1. The minimum Gasteiger partial charge on any atom is -0.495 e. The van der Waals surface area contributed by atoms with Gasteiger partial charge in [0.15, 0.2) is 0 Å². The van der Waals surface area contributed by atoms with Crippen molar-refractivity contribution >= 4 is 15.9 Å². The van der Waals surface area contributed by atoms with Gasteiger partial charge in [-0.3, -0.25) is 4.79 Å². The molecule has 1 aliphatic carbocycles. The lowest BCUT2D eigenvalue weighted by molar-refractivity contribution is 0.0936. The summed E-state index contributed by atoms with van der Waals surface area (Å²) in [5, 5.41) is 3.01. The second-order valence-corrected chi connectivity index (χ2v) is 8.54. The predicted molar refractivity (Wildman–Crippen MR) is 98.8 cm³/mol. The number of nitrogens with one attached hydrogen (secondary N) is 1. The van der Waals surface area contributed by atoms with E-state index in [2.05, 4.69) is 11.4 Å². The van der Waals surface area contributed by atoms with Crippen LogP contribution in [0.25, 0.3) is 0 Å². The number of fused-ring (bicyclic) bond motifs is 1. The molecule has 0 fully saturated rings. The largest absolute Gasteiger partial charge is 0.495 e. The molecule has 1 N–H and O–H groups in total. The molecule has 2 aromatic rings. The molecule has 0 aromatic heterocycles. The summed E-state index contributed by atoms with van der Waals surface area (Å²) in [6.07, 6.45) is 1.76. The number of carbonyl (C=O) groups excluding carboxylic acids is 1. The van der Waals surface area contributed by atoms with Crippen molar-refractivity contribution in [3.8, 4) is 5.75 Å². The van der Waals surface area contributed by atoms with Gasteiger partial charge in [-0.25, -0.2) is 12.7 Å². The lowest BCUT2D eigenvalue weighted by Crippen LogP contribution is -2.28. The van der Waals surface area contributed by atoms with Crippen molar-refractivity contribution in [2.75, 3.05) is 21.2 Å². The maximum absolute atomic E-state index is 12.7. The van der Waals surface area contributed by atoms with Crippen LogP contribution in [-0.4, -0.2) is 39.8 Å². The van der Waals surface area contributed by atoms with Gasteiger partial charge in [0.2, 0.25) is 10.0 Å². The number of hydrogen-bond donors (Lipinski definition) is 1. The Hall–Kier alpha value is -2.38. The van der Waals surface area contributed by atoms with E-state index in [-0.39, 0.29) is 28.2 Å². The maximum Gasteiger partial charge on any atom is 0.251 e. The van der Waals surface area contributed by atoms with Gasteiger partial charge in [0, 0.05) is 19.7 Å². The number of carbonyl (C=O) groups is 1. The number of nitrogens with zero attached hydrogens (tertiary/aromatic N) is 1. The number of amides is 1. The van der Waals surface area contributed by atoms with E-state index in [1.54, 1.807) is 6.07 Å². The van der Waals surface area contributed by atoms with Crippen LogP contribution in [0.3, 0.4) is 0 Å². The van der Waals surface area contributed by atoms with E-state index in [4.69, 9.17) is 4.74 Å². The van der Waals surface area contributed by atoms with Crippen molar-refractivity contribution in [1.29, 1.82) is 0 Å². The third-order valence-electron chi connectivity index (χ3n) is 4.62. The van der Waals surface area contributed by atoms with Crippen LogP contribution in [0.2, 0.25) is 0 Å². The molecule has 1 aliphatic rings. The van der Waals surface area contributed by atoms with Gasteiger partial charge in [0.05, 0.1) is 13.2 Å². The summed E-state index contributed by atoms with van der Waals surface area (Å²) in [5.41, 5.74) is 2.65. The molecule has 2 aromatic carbocycles. The number of hydrogen-bond acceptors (Lipinski definition) is 4. The van der Waals surface area contributed by atoms with Crippen molar-refractivity contribution in [3.05, 3.63) is 59.2 Å². The highest BCUT2D eigenvalue weighted by atomic mass is 32.2. The average molecular weight is 374 g/mol. The smallest absolute Gasteiger partial charge is 0.251 e. The van der Waals surface area contributed by atoms with Crippen molar-refractivity contribution in [1.82, 2.24) is 9.62 Å². The average Bonchev–Trinajstić information content (AvgIpc) is 3.04. The van der Waals surface area contributed by atoms with Crippen molar-refractivity contribution in [3.63, 3.8) is 0 Å². The summed E-state index contributed by atoms with van der Waals surface area (Å²) in [5.74, 6) is -0.0916. The lowest BCUT2D eigenvalue weighted by Gasteiger charge is -2.17. The molecule has 0 spiro atoms. The Morgan fingerprint density at radius 2 is 1.92 bits per heavy atom. The molecule has 0 bridgehead atoms. The van der Waals surface area contributed by atoms with Crippen molar-refractivity contribution < 1.29 is 17.9 Å². The zero-order valence-corrected chi connectivity index (χ0v) is 15.8. The first-order valence-corrected chi connectivity index (χ1v) is 9.78. The molecule has 1 amide bonds. The van der Waals surface area contributed by atoms with Crippen molar-refractivity contribution in [2.24, 2.45) is 0 Å². The number of rotatable bonds is 5. The molecule has 6 nitrogen and oxygen atoms in total. The zero-order chi connectivity index (χ0) is 18.9. The molecule has 0 radical (unpaired) electrons. The quantitative estimate of drug-likeness (QED) is 0.872. The van der Waals surface area contributed by atoms with E-state index in [0.717, 1.165) is 22.7 Å². The summed E-state index contributed by atoms with van der Waals surface area (Å²) in [6.45, 7) is 0. The first-order valence-electron chi connectivity index (χ1n) is 8.34. The minimum absolute atomic E-state index is 0.0236. The first kappa shape index (κ1) is 18.4. The fourth-order valence-electron chi connectivity index (χ4n) is 3.16. The molecule has 0 aliphatic heterocycles. The van der Waals surface area contributed by atoms with Crippen LogP contribution in [-0.2, 0) is 16.4 Å². The molecule has 0 heterocycles. The van der Waals surface area contributed by atoms with Gasteiger partial charge in [0.25, 0.3) is 5.91 Å². The molecular formula is C19H22N2O4S. The van der Waals surface area contributed by atoms with Gasteiger partial charge in [-0.1, -0.05) is 24.3 Å². The normalized spacial score (nSPS) is 16.4. The highest BCUT2D eigenvalue weighted by molar-refractivity contribution is 7.89. The summed E-state index contributed by atoms with van der Waals surface area (Å²) in [7, 11) is 0.562. The van der Waals surface area contributed by atoms with E-state index in [1.165, 1.54) is 38.9 Å². The van der Waals surface area contributed by atoms with Gasteiger partial charge in [0.1, 0.15) is 10.6 Å². The second kappa shape index (κ2) is 7.09. The van der Waals surface area contributed by atoms with Crippen LogP contribution in [0.15, 0.2) is 47.4 Å². The van der Waals surface area contributed by atoms with E-state index in [1.807, 2.05) is 18.2 Å². The molecule has 26 heavy (non-hydrogen) atoms. The van der Waals surface area contributed by atoms with E-state index in [0.29, 0.717) is 0 Å². The van der Waals surface area contributed by atoms with Crippen LogP contribution in [0.5, 0.6) is 5.75 Å². The Kier molecular flexibility index (Phi) is 5.02. The zero-order valence-electron chi connectivity index (χ0n) is 15.0. The van der Waals surface area contributed by atoms with Crippen LogP contribution >= 0.6 is 0 Å². The van der Waals surface area contributed by atoms with Gasteiger partial charge in [-0.15, -0.1) is 0 Å². The summed E-state index contributed by atoms with van der Waals surface area (Å²) in [4.78, 5) is 12.7. The van der Waals surface area contributed by atoms with E-state index in [9.17, 15) is 13.2 Å². The van der Waals surface area contributed by atoms with Gasteiger partial charge in [-0.2, -0.15) is 0 Å². The van der Waals surface area contributed by atoms with Gasteiger partial charge in [-0.05, 0) is 42.2 Å². The first-order chi connectivity index (χ1) is 12.3. The van der Waals surface area contributed by atoms with Crippen molar-refractivity contribution in [2.45, 2.75) is 23.8 Å². The molecule has 7 heteroatoms. The molecule has 3 rings (SSSR count). The summed E-state index contributed by atoms with van der Waals surface area (Å²) in [6, 6.07) is 12.4. The molecule has 0 saturated heterocycles. The van der Waals surface area contributed by atoms with E-state index >= 15 is 0 Å². The highest BCUT2D eigenvalue weighted by Gasteiger charge is 2.26. The molecule has 1 atom stereocenters. The maximum atomic E-state index is 12.7. The Labute approximate surface area is 153 Å². The molecule has 0 saturated carbocycles. The SMILES string of the molecule is COc1ccc(C(=O)N[C@@H]2CCc3ccccc32)cc1S(=O)(=O)N(C)C. The number of aryl methyl sites for hydroxylation is 1. The Bertz CT molecular complexity index is 938. The molecule has 138 valence electrons. The highest BCUT2D eigenvalue weighted by Crippen LogP contribution is 2.31. The third-order valence-corrected chi connectivity index (χ3v) is 6.46. The van der Waals surface area contributed by atoms with Crippen LogP contribution in [0.4, 0.5) is 0 Å². The van der Waals surface area contributed by atoms with Gasteiger partial charge >= 0.3 is 0 Å². The summed E-state index contributed by atoms with van der Waals surface area (Å²) < 4.78 is 31.3. The Balaban J connectivity index is 1.89. The van der Waals surface area contributed by atoms with Crippen LogP contribution < -0.4 is 10.1 Å².